The minimum Gasteiger partial charge on any atom is -0.366 e. The third-order valence-electron chi connectivity index (χ3n) is 2.51. The zero-order valence-electron chi connectivity index (χ0n) is 10.9. The van der Waals surface area contributed by atoms with Crippen molar-refractivity contribution in [2.24, 2.45) is 5.73 Å². The van der Waals surface area contributed by atoms with Gasteiger partial charge in [-0.15, -0.1) is 0 Å². The van der Waals surface area contributed by atoms with E-state index in [-0.39, 0.29) is 11.5 Å². The molecule has 104 valence electrons. The smallest absolute Gasteiger partial charge is 0.250 e. The third kappa shape index (κ3) is 4.75. The summed E-state index contributed by atoms with van der Waals surface area (Å²) in [6.45, 7) is 2.75. The van der Waals surface area contributed by atoms with E-state index < -0.39 is 5.91 Å². The molecule has 1 aromatic rings. The van der Waals surface area contributed by atoms with Gasteiger partial charge in [0.05, 0.1) is 10.6 Å². The summed E-state index contributed by atoms with van der Waals surface area (Å²) in [5.41, 5.74) is 5.42. The summed E-state index contributed by atoms with van der Waals surface area (Å²) >= 11 is 6.05. The van der Waals surface area contributed by atoms with Gasteiger partial charge in [0.1, 0.15) is 5.82 Å². The van der Waals surface area contributed by atoms with Gasteiger partial charge >= 0.3 is 0 Å². The Bertz CT molecular complexity index is 479. The van der Waals surface area contributed by atoms with Gasteiger partial charge in [0.25, 0.3) is 0 Å². The number of nitrogens with one attached hydrogen (secondary N) is 1. The van der Waals surface area contributed by atoms with Crippen molar-refractivity contribution in [1.29, 1.82) is 0 Å². The van der Waals surface area contributed by atoms with Crippen LogP contribution in [0, 0.1) is 0 Å². The number of carbonyl (C=O) groups is 2. The number of pyridine rings is 1. The maximum absolute atomic E-state index is 11.0. The molecule has 0 saturated carbocycles. The largest absolute Gasteiger partial charge is 0.366 e. The first-order chi connectivity index (χ1) is 8.91. The predicted molar refractivity (Wildman–Crippen MR) is 74.3 cm³/mol. The van der Waals surface area contributed by atoms with E-state index in [4.69, 9.17) is 17.3 Å². The SMILES string of the molecule is CC(=O)NCCCN(C)c1ncc(C(N)=O)cc1Cl. The molecule has 0 fully saturated rings. The van der Waals surface area contributed by atoms with Gasteiger partial charge < -0.3 is 16.0 Å². The van der Waals surface area contributed by atoms with E-state index in [0.717, 1.165) is 6.42 Å². The number of nitrogens with two attached hydrogens (primary N) is 1. The number of amides is 2. The second-order valence-corrected chi connectivity index (χ2v) is 4.56. The fraction of sp³-hybridized carbons (Fsp3) is 0.417. The van der Waals surface area contributed by atoms with E-state index in [1.165, 1.54) is 19.2 Å². The Hall–Kier alpha value is -1.82. The van der Waals surface area contributed by atoms with Crippen molar-refractivity contribution < 1.29 is 9.59 Å². The van der Waals surface area contributed by atoms with Crippen LogP contribution < -0.4 is 16.0 Å². The molecule has 0 aliphatic rings. The van der Waals surface area contributed by atoms with Crippen LogP contribution in [0.2, 0.25) is 5.02 Å². The summed E-state index contributed by atoms with van der Waals surface area (Å²) in [5.74, 6) is -0.0339. The lowest BCUT2D eigenvalue weighted by Gasteiger charge is -2.19. The molecule has 0 aliphatic carbocycles. The maximum atomic E-state index is 11.0. The fourth-order valence-corrected chi connectivity index (χ4v) is 1.84. The first-order valence-electron chi connectivity index (χ1n) is 5.82. The van der Waals surface area contributed by atoms with Crippen LogP contribution in [0.4, 0.5) is 5.82 Å². The highest BCUT2D eigenvalue weighted by molar-refractivity contribution is 6.33. The average Bonchev–Trinajstić information content (AvgIpc) is 2.33. The Labute approximate surface area is 116 Å². The minimum atomic E-state index is -0.561. The molecular formula is C12H17ClN4O2. The highest BCUT2D eigenvalue weighted by atomic mass is 35.5. The van der Waals surface area contributed by atoms with Crippen LogP contribution in [0.15, 0.2) is 12.3 Å². The average molecular weight is 285 g/mol. The van der Waals surface area contributed by atoms with Gasteiger partial charge in [-0.2, -0.15) is 0 Å². The number of anilines is 1. The van der Waals surface area contributed by atoms with E-state index >= 15 is 0 Å². The molecule has 0 unspecified atom stereocenters. The van der Waals surface area contributed by atoms with Crippen molar-refractivity contribution in [1.82, 2.24) is 10.3 Å². The number of halogens is 1. The van der Waals surface area contributed by atoms with E-state index in [2.05, 4.69) is 10.3 Å². The Balaban J connectivity index is 2.59. The van der Waals surface area contributed by atoms with Crippen molar-refractivity contribution >= 4 is 29.2 Å². The summed E-state index contributed by atoms with van der Waals surface area (Å²) in [4.78, 5) is 27.7. The lowest BCUT2D eigenvalue weighted by molar-refractivity contribution is -0.118. The molecule has 0 saturated heterocycles. The molecule has 1 heterocycles. The Morgan fingerprint density at radius 2 is 2.21 bits per heavy atom. The molecule has 0 aliphatic heterocycles. The van der Waals surface area contributed by atoms with E-state index in [1.54, 1.807) is 0 Å². The normalized spacial score (nSPS) is 10.1. The van der Waals surface area contributed by atoms with Crippen LogP contribution >= 0.6 is 11.6 Å². The summed E-state index contributed by atoms with van der Waals surface area (Å²) < 4.78 is 0. The van der Waals surface area contributed by atoms with Gasteiger partial charge in [0.15, 0.2) is 0 Å². The molecule has 1 aromatic heterocycles. The Morgan fingerprint density at radius 1 is 1.53 bits per heavy atom. The molecule has 2 amide bonds. The number of nitrogens with zero attached hydrogens (tertiary/aromatic N) is 2. The van der Waals surface area contributed by atoms with Gasteiger partial charge in [0.2, 0.25) is 11.8 Å². The number of carbonyl (C=O) groups excluding carboxylic acids is 2. The lowest BCUT2D eigenvalue weighted by atomic mass is 10.2. The van der Waals surface area contributed by atoms with Crippen LogP contribution in [-0.4, -0.2) is 36.9 Å². The second-order valence-electron chi connectivity index (χ2n) is 4.15. The van der Waals surface area contributed by atoms with Gasteiger partial charge in [0, 0.05) is 33.3 Å². The van der Waals surface area contributed by atoms with Crippen molar-refractivity contribution in [2.75, 3.05) is 25.0 Å². The van der Waals surface area contributed by atoms with E-state index in [0.29, 0.717) is 23.9 Å². The van der Waals surface area contributed by atoms with Gasteiger partial charge in [-0.25, -0.2) is 4.98 Å². The summed E-state index contributed by atoms with van der Waals surface area (Å²) in [5, 5.41) is 3.08. The van der Waals surface area contributed by atoms with Gasteiger partial charge in [-0.1, -0.05) is 11.6 Å². The molecule has 19 heavy (non-hydrogen) atoms. The van der Waals surface area contributed by atoms with Gasteiger partial charge in [-0.3, -0.25) is 9.59 Å². The monoisotopic (exact) mass is 284 g/mol. The topological polar surface area (TPSA) is 88.3 Å². The number of hydrogen-bond acceptors (Lipinski definition) is 4. The first kappa shape index (κ1) is 15.2. The molecule has 0 bridgehead atoms. The molecule has 6 nitrogen and oxygen atoms in total. The van der Waals surface area contributed by atoms with Crippen molar-refractivity contribution in [3.8, 4) is 0 Å². The quantitative estimate of drug-likeness (QED) is 0.756. The second kappa shape index (κ2) is 6.94. The van der Waals surface area contributed by atoms with Crippen LogP contribution in [0.5, 0.6) is 0 Å². The molecule has 7 heteroatoms. The summed E-state index contributed by atoms with van der Waals surface area (Å²) in [6, 6.07) is 1.50. The molecule has 1 rings (SSSR count). The zero-order chi connectivity index (χ0) is 14.4. The molecule has 3 N–H and O–H groups in total. The van der Waals surface area contributed by atoms with Crippen molar-refractivity contribution in [3.05, 3.63) is 22.8 Å². The predicted octanol–water partition coefficient (Wildman–Crippen LogP) is 0.796. The van der Waals surface area contributed by atoms with Crippen molar-refractivity contribution in [3.63, 3.8) is 0 Å². The molecule has 0 atom stereocenters. The van der Waals surface area contributed by atoms with Crippen molar-refractivity contribution in [2.45, 2.75) is 13.3 Å². The van der Waals surface area contributed by atoms with Crippen LogP contribution in [0.25, 0.3) is 0 Å². The molecule has 0 spiro atoms. The van der Waals surface area contributed by atoms with Crippen LogP contribution in [0.1, 0.15) is 23.7 Å². The highest BCUT2D eigenvalue weighted by Gasteiger charge is 2.10. The maximum Gasteiger partial charge on any atom is 0.250 e. The number of aromatic nitrogens is 1. The van der Waals surface area contributed by atoms with Crippen LogP contribution in [0.3, 0.4) is 0 Å². The molecular weight excluding hydrogens is 268 g/mol. The minimum absolute atomic E-state index is 0.0513. The number of primary amides is 1. The Kier molecular flexibility index (Phi) is 5.57. The highest BCUT2D eigenvalue weighted by Crippen LogP contribution is 2.23. The lowest BCUT2D eigenvalue weighted by Crippen LogP contribution is -2.27. The number of rotatable bonds is 6. The third-order valence-corrected chi connectivity index (χ3v) is 2.79. The zero-order valence-corrected chi connectivity index (χ0v) is 11.7. The summed E-state index contributed by atoms with van der Waals surface area (Å²) in [6.07, 6.45) is 2.17. The first-order valence-corrected chi connectivity index (χ1v) is 6.20. The fourth-order valence-electron chi connectivity index (χ4n) is 1.53. The standard InChI is InChI=1S/C12H17ClN4O2/c1-8(18)15-4-3-5-17(2)12-10(13)6-9(7-16-12)11(14)19/h6-7H,3-5H2,1-2H3,(H2,14,19)(H,15,18). The van der Waals surface area contributed by atoms with E-state index in [1.807, 2.05) is 11.9 Å². The molecule has 0 aromatic carbocycles. The summed E-state index contributed by atoms with van der Waals surface area (Å²) in [7, 11) is 1.84. The molecule has 0 radical (unpaired) electrons. The number of hydrogen-bond donors (Lipinski definition) is 2. The van der Waals surface area contributed by atoms with Crippen LogP contribution in [-0.2, 0) is 4.79 Å². The van der Waals surface area contributed by atoms with Gasteiger partial charge in [-0.05, 0) is 12.5 Å². The Morgan fingerprint density at radius 3 is 2.74 bits per heavy atom. The van der Waals surface area contributed by atoms with E-state index in [9.17, 15) is 9.59 Å².